The summed E-state index contributed by atoms with van der Waals surface area (Å²) in [6.45, 7) is 4.08. The molecule has 0 heterocycles. The van der Waals surface area contributed by atoms with E-state index in [4.69, 9.17) is 0 Å². The first-order chi connectivity index (χ1) is 8.59. The molecular formula is C15H15BrOS. The summed E-state index contributed by atoms with van der Waals surface area (Å²) in [5.41, 5.74) is 2.26. The normalized spacial score (nSPS) is 14.2. The van der Waals surface area contributed by atoms with E-state index in [9.17, 15) is 4.21 Å². The third-order valence-electron chi connectivity index (χ3n) is 2.78. The van der Waals surface area contributed by atoms with Crippen molar-refractivity contribution < 1.29 is 4.21 Å². The molecule has 0 amide bonds. The van der Waals surface area contributed by atoms with Crippen LogP contribution < -0.4 is 0 Å². The fourth-order valence-electron chi connectivity index (χ4n) is 1.77. The topological polar surface area (TPSA) is 17.1 Å². The van der Waals surface area contributed by atoms with Crippen molar-refractivity contribution in [3.8, 4) is 0 Å². The molecule has 2 rings (SSSR count). The van der Waals surface area contributed by atoms with Gasteiger partial charge in [0.2, 0.25) is 0 Å². The van der Waals surface area contributed by atoms with Gasteiger partial charge in [-0.1, -0.05) is 51.8 Å². The van der Waals surface area contributed by atoms with Crippen molar-refractivity contribution in [3.05, 3.63) is 59.7 Å². The Morgan fingerprint density at radius 3 is 2.28 bits per heavy atom. The second kappa shape index (κ2) is 5.81. The minimum atomic E-state index is -1.12. The average Bonchev–Trinajstić information content (AvgIpc) is 2.39. The summed E-state index contributed by atoms with van der Waals surface area (Å²) in [6, 6.07) is 15.7. The first kappa shape index (κ1) is 13.5. The lowest BCUT2D eigenvalue weighted by atomic mass is 10.2. The molecule has 0 saturated heterocycles. The molecule has 0 aromatic heterocycles. The molecule has 0 saturated carbocycles. The van der Waals surface area contributed by atoms with Crippen molar-refractivity contribution in [2.45, 2.75) is 28.5 Å². The summed E-state index contributed by atoms with van der Waals surface area (Å²) in [4.78, 5) is 1.93. The summed E-state index contributed by atoms with van der Waals surface area (Å²) >= 11 is 3.55. The molecule has 0 aliphatic heterocycles. The van der Waals surface area contributed by atoms with Gasteiger partial charge in [0.05, 0.1) is 10.8 Å². The first-order valence-electron chi connectivity index (χ1n) is 5.81. The zero-order valence-electron chi connectivity index (χ0n) is 10.4. The van der Waals surface area contributed by atoms with Gasteiger partial charge in [0.1, 0.15) is 0 Å². The molecule has 2 aromatic carbocycles. The Balaban J connectivity index is 2.43. The van der Waals surface area contributed by atoms with E-state index >= 15 is 0 Å². The lowest BCUT2D eigenvalue weighted by Gasteiger charge is -2.11. The van der Waals surface area contributed by atoms with Crippen LogP contribution >= 0.6 is 15.9 Å². The fraction of sp³-hybridized carbons (Fsp3) is 0.200. The highest BCUT2D eigenvalue weighted by atomic mass is 79.9. The summed E-state index contributed by atoms with van der Waals surface area (Å²) in [5.74, 6) is 0. The highest BCUT2D eigenvalue weighted by Crippen LogP contribution is 2.29. The minimum absolute atomic E-state index is 0.197. The maximum Gasteiger partial charge on any atom is 0.0852 e. The number of alkyl halides is 1. The van der Waals surface area contributed by atoms with Crippen LogP contribution in [0.25, 0.3) is 0 Å². The zero-order chi connectivity index (χ0) is 13.1. The zero-order valence-corrected chi connectivity index (χ0v) is 12.8. The van der Waals surface area contributed by atoms with E-state index in [1.807, 2.05) is 62.4 Å². The van der Waals surface area contributed by atoms with Crippen molar-refractivity contribution in [1.29, 1.82) is 0 Å². The second-order valence-corrected chi connectivity index (χ2v) is 7.06. The Labute approximate surface area is 119 Å². The molecule has 0 N–H and O–H groups in total. The van der Waals surface area contributed by atoms with Crippen molar-refractivity contribution in [2.24, 2.45) is 0 Å². The Morgan fingerprint density at radius 2 is 1.67 bits per heavy atom. The molecule has 2 aromatic rings. The van der Waals surface area contributed by atoms with E-state index in [1.54, 1.807) is 0 Å². The monoisotopic (exact) mass is 322 g/mol. The molecule has 0 bridgehead atoms. The number of rotatable bonds is 3. The van der Waals surface area contributed by atoms with Crippen molar-refractivity contribution in [3.63, 3.8) is 0 Å². The molecule has 3 heteroatoms. The number of aryl methyl sites for hydroxylation is 1. The smallest absolute Gasteiger partial charge is 0.0852 e. The lowest BCUT2D eigenvalue weighted by Crippen LogP contribution is -1.98. The summed E-state index contributed by atoms with van der Waals surface area (Å²) < 4.78 is 12.6. The summed E-state index contributed by atoms with van der Waals surface area (Å²) in [5, 5.41) is 0. The van der Waals surface area contributed by atoms with Gasteiger partial charge in [-0.15, -0.1) is 0 Å². The lowest BCUT2D eigenvalue weighted by molar-refractivity contribution is 0.682. The Bertz CT molecular complexity index is 561. The number of hydrogen-bond acceptors (Lipinski definition) is 1. The SMILES string of the molecule is Cc1ccc(S(=O)c2ccccc2[C@H](C)Br)cc1. The van der Waals surface area contributed by atoms with Crippen LogP contribution in [0.2, 0.25) is 0 Å². The largest absolute Gasteiger partial charge is 0.249 e. The van der Waals surface area contributed by atoms with Crippen LogP contribution in [0.5, 0.6) is 0 Å². The van der Waals surface area contributed by atoms with Crippen LogP contribution in [0.4, 0.5) is 0 Å². The molecule has 0 aliphatic rings. The standard InChI is InChI=1S/C15H15BrOS/c1-11-7-9-13(10-8-11)18(17)15-6-4-3-5-14(15)12(2)16/h3-10,12H,1-2H3/t12-,18?/m0/s1. The van der Waals surface area contributed by atoms with Gasteiger partial charge < -0.3 is 0 Å². The van der Waals surface area contributed by atoms with Gasteiger partial charge in [0, 0.05) is 14.6 Å². The average molecular weight is 323 g/mol. The second-order valence-electron chi connectivity index (χ2n) is 4.24. The first-order valence-corrected chi connectivity index (χ1v) is 7.87. The predicted octanol–water partition coefficient (Wildman–Crippen LogP) is 4.62. The van der Waals surface area contributed by atoms with Gasteiger partial charge in [-0.05, 0) is 37.6 Å². The van der Waals surface area contributed by atoms with E-state index in [0.29, 0.717) is 0 Å². The molecule has 1 nitrogen and oxygen atoms in total. The molecule has 0 radical (unpaired) electrons. The quantitative estimate of drug-likeness (QED) is 0.754. The van der Waals surface area contributed by atoms with Gasteiger partial charge in [0.15, 0.2) is 0 Å². The molecule has 0 fully saturated rings. The van der Waals surface area contributed by atoms with E-state index in [-0.39, 0.29) is 4.83 Å². The fourth-order valence-corrected chi connectivity index (χ4v) is 3.62. The van der Waals surface area contributed by atoms with Crippen LogP contribution in [0, 0.1) is 6.92 Å². The highest BCUT2D eigenvalue weighted by Gasteiger charge is 2.14. The maximum absolute atomic E-state index is 12.6. The number of hydrogen-bond donors (Lipinski definition) is 0. The molecule has 0 spiro atoms. The van der Waals surface area contributed by atoms with Crippen LogP contribution in [-0.2, 0) is 10.8 Å². The van der Waals surface area contributed by atoms with Crippen LogP contribution in [-0.4, -0.2) is 4.21 Å². The molecule has 0 aliphatic carbocycles. The van der Waals surface area contributed by atoms with Crippen LogP contribution in [0.15, 0.2) is 58.3 Å². The Hall–Kier alpha value is -0.930. The van der Waals surface area contributed by atoms with Gasteiger partial charge in [-0.2, -0.15) is 0 Å². The van der Waals surface area contributed by atoms with E-state index in [0.717, 1.165) is 15.4 Å². The Kier molecular flexibility index (Phi) is 4.36. The van der Waals surface area contributed by atoms with Crippen molar-refractivity contribution >= 4 is 26.7 Å². The van der Waals surface area contributed by atoms with E-state index < -0.39 is 10.8 Å². The number of benzene rings is 2. The molecule has 94 valence electrons. The molecular weight excluding hydrogens is 308 g/mol. The van der Waals surface area contributed by atoms with E-state index in [1.165, 1.54) is 5.56 Å². The number of halogens is 1. The summed E-state index contributed by atoms with van der Waals surface area (Å²) in [7, 11) is -1.12. The summed E-state index contributed by atoms with van der Waals surface area (Å²) in [6.07, 6.45) is 0. The third kappa shape index (κ3) is 2.90. The maximum atomic E-state index is 12.6. The third-order valence-corrected chi connectivity index (χ3v) is 4.75. The van der Waals surface area contributed by atoms with Crippen LogP contribution in [0.3, 0.4) is 0 Å². The van der Waals surface area contributed by atoms with Crippen molar-refractivity contribution in [2.75, 3.05) is 0 Å². The minimum Gasteiger partial charge on any atom is -0.249 e. The van der Waals surface area contributed by atoms with E-state index in [2.05, 4.69) is 15.9 Å². The molecule has 18 heavy (non-hydrogen) atoms. The highest BCUT2D eigenvalue weighted by molar-refractivity contribution is 9.09. The molecule has 1 unspecified atom stereocenters. The van der Waals surface area contributed by atoms with Crippen molar-refractivity contribution in [1.82, 2.24) is 0 Å². The van der Waals surface area contributed by atoms with Crippen LogP contribution in [0.1, 0.15) is 22.9 Å². The van der Waals surface area contributed by atoms with Gasteiger partial charge in [0.25, 0.3) is 0 Å². The van der Waals surface area contributed by atoms with Gasteiger partial charge in [-0.25, -0.2) is 4.21 Å². The predicted molar refractivity (Wildman–Crippen MR) is 79.6 cm³/mol. The van der Waals surface area contributed by atoms with Gasteiger partial charge >= 0.3 is 0 Å². The molecule has 2 atom stereocenters. The van der Waals surface area contributed by atoms with Gasteiger partial charge in [-0.3, -0.25) is 0 Å². The Morgan fingerprint density at radius 1 is 1.06 bits per heavy atom.